The van der Waals surface area contributed by atoms with Crippen LogP contribution in [0.3, 0.4) is 0 Å². The van der Waals surface area contributed by atoms with Gasteiger partial charge in [-0.15, -0.1) is 0 Å². The molecule has 2 N–H and O–H groups in total. The number of hydrogen-bond donors (Lipinski definition) is 2. The molecule has 6 nitrogen and oxygen atoms in total. The first-order valence-electron chi connectivity index (χ1n) is 19.2. The number of aliphatic hydroxyl groups is 2. The Morgan fingerprint density at radius 1 is 0.574 bits per heavy atom. The number of unbranched alkanes of at least 4 members (excludes halogenated alkanes) is 16. The van der Waals surface area contributed by atoms with Gasteiger partial charge in [-0.25, -0.2) is 0 Å². The minimum absolute atomic E-state index is 0.0945. The van der Waals surface area contributed by atoms with Crippen molar-refractivity contribution in [3.63, 3.8) is 0 Å². The van der Waals surface area contributed by atoms with Crippen molar-refractivity contribution in [1.29, 1.82) is 0 Å². The number of allylic oxidation sites excluding steroid dienone is 8. The minimum atomic E-state index is -0.806. The van der Waals surface area contributed by atoms with E-state index in [1.54, 1.807) is 0 Å². The largest absolute Gasteiger partial charge is 0.462 e. The highest BCUT2D eigenvalue weighted by molar-refractivity contribution is 5.70. The molecule has 0 bridgehead atoms. The van der Waals surface area contributed by atoms with E-state index in [1.165, 1.54) is 77.0 Å². The van der Waals surface area contributed by atoms with Gasteiger partial charge < -0.3 is 19.7 Å². The molecule has 0 aliphatic carbocycles. The maximum atomic E-state index is 12.1. The SMILES string of the molecule is CCCCCCCCCCCCCCCCCC(=O)OC[C@H](CO)OC(=O)CCC/C=C\C/C=C\C/C=C\C/C=C\CCC[C@H](C)O. The molecular weight excluding hydrogens is 588 g/mol. The molecule has 2 atom stereocenters. The van der Waals surface area contributed by atoms with Crippen LogP contribution in [0.25, 0.3) is 0 Å². The van der Waals surface area contributed by atoms with E-state index >= 15 is 0 Å². The van der Waals surface area contributed by atoms with E-state index in [0.717, 1.165) is 64.2 Å². The first-order valence-corrected chi connectivity index (χ1v) is 19.2. The van der Waals surface area contributed by atoms with Gasteiger partial charge in [0.2, 0.25) is 0 Å². The molecule has 0 spiro atoms. The smallest absolute Gasteiger partial charge is 0.306 e. The van der Waals surface area contributed by atoms with Crippen LogP contribution in [0.4, 0.5) is 0 Å². The number of esters is 2. The fourth-order valence-electron chi connectivity index (χ4n) is 5.21. The molecule has 0 aromatic carbocycles. The van der Waals surface area contributed by atoms with E-state index in [2.05, 4.69) is 55.5 Å². The molecule has 47 heavy (non-hydrogen) atoms. The van der Waals surface area contributed by atoms with Gasteiger partial charge in [0.1, 0.15) is 6.61 Å². The summed E-state index contributed by atoms with van der Waals surface area (Å²) < 4.78 is 10.5. The van der Waals surface area contributed by atoms with Gasteiger partial charge in [0.15, 0.2) is 6.10 Å². The Morgan fingerprint density at radius 2 is 1.00 bits per heavy atom. The fourth-order valence-corrected chi connectivity index (χ4v) is 5.21. The second kappa shape index (κ2) is 36.7. The van der Waals surface area contributed by atoms with Crippen LogP contribution in [0.15, 0.2) is 48.6 Å². The Bertz CT molecular complexity index is 813. The molecule has 0 unspecified atom stereocenters. The summed E-state index contributed by atoms with van der Waals surface area (Å²) in [6.07, 6.45) is 43.0. The zero-order valence-corrected chi connectivity index (χ0v) is 30.4. The van der Waals surface area contributed by atoms with Crippen LogP contribution in [0.1, 0.15) is 174 Å². The third-order valence-electron chi connectivity index (χ3n) is 8.14. The Kier molecular flexibility index (Phi) is 35.0. The van der Waals surface area contributed by atoms with Crippen LogP contribution < -0.4 is 0 Å². The zero-order valence-electron chi connectivity index (χ0n) is 30.4. The second-order valence-electron chi connectivity index (χ2n) is 12.9. The minimum Gasteiger partial charge on any atom is -0.462 e. The van der Waals surface area contributed by atoms with Crippen molar-refractivity contribution in [3.8, 4) is 0 Å². The summed E-state index contributed by atoms with van der Waals surface area (Å²) in [5.74, 6) is -0.672. The standard InChI is InChI=1S/C41H72O6/c1-3-4-5-6-7-8-9-10-12-16-19-22-25-28-31-34-40(44)46-37-39(36-42)47-41(45)35-32-29-26-23-20-17-14-11-13-15-18-21-24-27-30-33-38(2)43/h13-15,17,21,23-24,26,38-39,42-43H,3-12,16,18-20,22,25,27-37H2,1-2H3/b15-13-,17-14-,24-21-,26-23-/t38-,39-/m0/s1. The number of carbonyl (C=O) groups excluding carboxylic acids is 2. The van der Waals surface area contributed by atoms with Crippen LogP contribution in [-0.2, 0) is 19.1 Å². The van der Waals surface area contributed by atoms with Crippen molar-refractivity contribution >= 4 is 11.9 Å². The van der Waals surface area contributed by atoms with Gasteiger partial charge in [-0.05, 0) is 64.7 Å². The van der Waals surface area contributed by atoms with Gasteiger partial charge in [-0.1, -0.05) is 145 Å². The highest BCUT2D eigenvalue weighted by Gasteiger charge is 2.15. The lowest BCUT2D eigenvalue weighted by molar-refractivity contribution is -0.161. The first-order chi connectivity index (χ1) is 23.0. The number of aliphatic hydroxyl groups excluding tert-OH is 2. The van der Waals surface area contributed by atoms with Crippen molar-refractivity contribution in [3.05, 3.63) is 48.6 Å². The van der Waals surface area contributed by atoms with Gasteiger partial charge in [0, 0.05) is 12.8 Å². The molecule has 0 rings (SSSR count). The van der Waals surface area contributed by atoms with Crippen LogP contribution in [-0.4, -0.2) is 47.6 Å². The number of ether oxygens (including phenoxy) is 2. The van der Waals surface area contributed by atoms with Crippen LogP contribution >= 0.6 is 0 Å². The van der Waals surface area contributed by atoms with E-state index in [9.17, 15) is 19.8 Å². The number of carbonyl (C=O) groups is 2. The Balaban J connectivity index is 3.67. The molecule has 0 aromatic heterocycles. The average Bonchev–Trinajstić information content (AvgIpc) is 3.06. The molecule has 0 saturated carbocycles. The van der Waals surface area contributed by atoms with Gasteiger partial charge in [-0.3, -0.25) is 9.59 Å². The van der Waals surface area contributed by atoms with E-state index in [1.807, 2.05) is 6.92 Å². The van der Waals surface area contributed by atoms with Crippen molar-refractivity contribution in [1.82, 2.24) is 0 Å². The molecule has 0 heterocycles. The maximum Gasteiger partial charge on any atom is 0.306 e. The molecule has 0 aliphatic heterocycles. The summed E-state index contributed by atoms with van der Waals surface area (Å²) in [4.78, 5) is 24.2. The van der Waals surface area contributed by atoms with Crippen LogP contribution in [0.5, 0.6) is 0 Å². The highest BCUT2D eigenvalue weighted by atomic mass is 16.6. The molecule has 272 valence electrons. The number of hydrogen-bond acceptors (Lipinski definition) is 6. The predicted molar refractivity (Wildman–Crippen MR) is 197 cm³/mol. The monoisotopic (exact) mass is 661 g/mol. The summed E-state index contributed by atoms with van der Waals surface area (Å²) in [7, 11) is 0. The molecule has 0 aromatic rings. The molecule has 0 aliphatic rings. The van der Waals surface area contributed by atoms with Crippen molar-refractivity contribution < 1.29 is 29.3 Å². The molecular formula is C41H72O6. The van der Waals surface area contributed by atoms with Crippen molar-refractivity contribution in [2.45, 2.75) is 187 Å². The summed E-state index contributed by atoms with van der Waals surface area (Å²) >= 11 is 0. The summed E-state index contributed by atoms with van der Waals surface area (Å²) in [5, 5.41) is 18.8. The quantitative estimate of drug-likeness (QED) is 0.0405. The molecule has 0 radical (unpaired) electrons. The normalized spacial score (nSPS) is 13.4. The summed E-state index contributed by atoms with van der Waals surface area (Å²) in [5.41, 5.74) is 0. The third kappa shape index (κ3) is 36.5. The van der Waals surface area contributed by atoms with E-state index in [-0.39, 0.29) is 37.7 Å². The van der Waals surface area contributed by atoms with E-state index in [0.29, 0.717) is 12.8 Å². The lowest BCUT2D eigenvalue weighted by Gasteiger charge is -2.15. The third-order valence-corrected chi connectivity index (χ3v) is 8.14. The zero-order chi connectivity index (χ0) is 34.5. The topological polar surface area (TPSA) is 93.1 Å². The van der Waals surface area contributed by atoms with Crippen LogP contribution in [0.2, 0.25) is 0 Å². The summed E-state index contributed by atoms with van der Waals surface area (Å²) in [6, 6.07) is 0. The lowest BCUT2D eigenvalue weighted by atomic mass is 10.0. The highest BCUT2D eigenvalue weighted by Crippen LogP contribution is 2.14. The Hall–Kier alpha value is -2.18. The number of rotatable bonds is 34. The van der Waals surface area contributed by atoms with Crippen LogP contribution in [0, 0.1) is 0 Å². The fraction of sp³-hybridized carbons (Fsp3) is 0.756. The maximum absolute atomic E-state index is 12.1. The predicted octanol–water partition coefficient (Wildman–Crippen LogP) is 10.8. The van der Waals surface area contributed by atoms with E-state index < -0.39 is 6.10 Å². The second-order valence-corrected chi connectivity index (χ2v) is 12.9. The van der Waals surface area contributed by atoms with Gasteiger partial charge >= 0.3 is 11.9 Å². The van der Waals surface area contributed by atoms with Gasteiger partial charge in [0.05, 0.1) is 12.7 Å². The van der Waals surface area contributed by atoms with Gasteiger partial charge in [0.25, 0.3) is 0 Å². The molecule has 6 heteroatoms. The average molecular weight is 661 g/mol. The molecule has 0 saturated heterocycles. The van der Waals surface area contributed by atoms with Gasteiger partial charge in [-0.2, -0.15) is 0 Å². The van der Waals surface area contributed by atoms with E-state index in [4.69, 9.17) is 9.47 Å². The molecule has 0 amide bonds. The van der Waals surface area contributed by atoms with Crippen molar-refractivity contribution in [2.75, 3.05) is 13.2 Å². The van der Waals surface area contributed by atoms with Crippen molar-refractivity contribution in [2.24, 2.45) is 0 Å². The Labute approximate surface area is 289 Å². The lowest BCUT2D eigenvalue weighted by Crippen LogP contribution is -2.28. The Morgan fingerprint density at radius 3 is 1.47 bits per heavy atom. The summed E-state index contributed by atoms with van der Waals surface area (Å²) in [6.45, 7) is 3.64. The molecule has 0 fully saturated rings. The first kappa shape index (κ1) is 44.8.